The van der Waals surface area contributed by atoms with Gasteiger partial charge in [-0.3, -0.25) is 24.3 Å². The molecule has 36 heteroatoms. The highest BCUT2D eigenvalue weighted by atomic mass is 32.2. The number of methoxy groups -OCH3 is 1. The number of hydrogen-bond acceptors (Lipinski definition) is 25. The van der Waals surface area contributed by atoms with E-state index in [9.17, 15) is 51.0 Å². The number of carbonyl (C=O) groups is 5. The van der Waals surface area contributed by atoms with Crippen molar-refractivity contribution in [2.45, 2.75) is 299 Å². The van der Waals surface area contributed by atoms with E-state index in [1.54, 1.807) is 44.9 Å². The minimum absolute atomic E-state index is 0.0119. The Hall–Kier alpha value is -4.03. The lowest BCUT2D eigenvalue weighted by molar-refractivity contribution is -0.136. The Labute approximate surface area is 710 Å². The molecule has 12 aliphatic heterocycles. The van der Waals surface area contributed by atoms with Crippen molar-refractivity contribution in [3.05, 3.63) is 0 Å². The molecule has 10 unspecified atom stereocenters. The minimum Gasteiger partial charge on any atom is -0.395 e. The molecule has 694 valence electrons. The van der Waals surface area contributed by atoms with Crippen molar-refractivity contribution < 1.29 is 99.5 Å². The van der Waals surface area contributed by atoms with E-state index in [1.165, 1.54) is 0 Å². The maximum atomic E-state index is 11.8. The van der Waals surface area contributed by atoms with E-state index in [1.807, 2.05) is 124 Å². The molecular formula is C82H163N13O21S2. The predicted molar refractivity (Wildman–Crippen MR) is 459 cm³/mol. The van der Waals surface area contributed by atoms with Crippen LogP contribution in [0, 0.1) is 0 Å². The molecule has 0 aromatic rings. The van der Waals surface area contributed by atoms with Crippen LogP contribution < -0.4 is 0 Å². The number of carbonyl (C=O) groups excluding carboxylic acids is 5. The third-order valence-electron chi connectivity index (χ3n) is 22.0. The summed E-state index contributed by atoms with van der Waals surface area (Å²) in [5.74, 6) is 1.14. The van der Waals surface area contributed by atoms with Gasteiger partial charge in [0.25, 0.3) is 5.91 Å². The van der Waals surface area contributed by atoms with Crippen LogP contribution in [0.5, 0.6) is 0 Å². The number of ether oxygens (including phenoxy) is 7. The molecule has 0 spiro atoms. The largest absolute Gasteiger partial charge is 0.395 e. The number of piperazine rings is 1. The van der Waals surface area contributed by atoms with Crippen LogP contribution in [-0.4, -0.2) is 465 Å². The molecule has 8 amide bonds. The highest BCUT2D eigenvalue weighted by molar-refractivity contribution is 7.91. The van der Waals surface area contributed by atoms with Gasteiger partial charge in [0.2, 0.25) is 15.9 Å². The van der Waals surface area contributed by atoms with Crippen LogP contribution in [0.15, 0.2) is 0 Å². The van der Waals surface area contributed by atoms with Crippen molar-refractivity contribution in [2.24, 2.45) is 0 Å². The fourth-order valence-corrected chi connectivity index (χ4v) is 17.9. The Morgan fingerprint density at radius 3 is 1.27 bits per heavy atom. The molecule has 12 aliphatic rings. The summed E-state index contributed by atoms with van der Waals surface area (Å²) in [5.41, 5.74) is -0.803. The number of likely N-dealkylation sites (N-methyl/N-ethyl adjacent to an activating group) is 2. The van der Waals surface area contributed by atoms with E-state index in [0.717, 1.165) is 91.4 Å². The zero-order valence-corrected chi connectivity index (χ0v) is 78.8. The fraction of sp³-hybridized carbons (Fsp3) is 0.939. The molecule has 10 atom stereocenters. The Balaban J connectivity index is 0.000000340. The third-order valence-corrected chi connectivity index (χ3v) is 25.7. The molecular weight excluding hydrogens is 1570 g/mol. The molecule has 12 rings (SSSR count). The number of fused-ring (bicyclic) bond motifs is 2. The number of likely N-dealkylation sites (tertiary alicyclic amines) is 2. The van der Waals surface area contributed by atoms with E-state index in [2.05, 4.69) is 75.0 Å². The lowest BCUT2D eigenvalue weighted by Crippen LogP contribution is -2.50. The zero-order valence-electron chi connectivity index (χ0n) is 77.2. The second-order valence-corrected chi connectivity index (χ2v) is 40.3. The van der Waals surface area contributed by atoms with E-state index in [-0.39, 0.29) is 122 Å². The number of aliphatic hydroxyl groups is 5. The number of amides is 8. The van der Waals surface area contributed by atoms with Gasteiger partial charge in [-0.25, -0.2) is 31.2 Å². The summed E-state index contributed by atoms with van der Waals surface area (Å²) in [6.07, 6.45) is 1.45. The van der Waals surface area contributed by atoms with Crippen LogP contribution in [0.1, 0.15) is 172 Å². The van der Waals surface area contributed by atoms with Gasteiger partial charge < -0.3 is 103 Å². The highest BCUT2D eigenvalue weighted by Gasteiger charge is 2.50. The van der Waals surface area contributed by atoms with Crippen molar-refractivity contribution in [1.82, 2.24) is 63.1 Å². The van der Waals surface area contributed by atoms with E-state index < -0.39 is 37.7 Å². The van der Waals surface area contributed by atoms with Crippen LogP contribution in [-0.2, 0) is 62.6 Å². The maximum Gasteiger partial charge on any atom is 0.320 e. The molecule has 118 heavy (non-hydrogen) atoms. The van der Waals surface area contributed by atoms with Crippen LogP contribution in [0.25, 0.3) is 0 Å². The van der Waals surface area contributed by atoms with E-state index in [0.29, 0.717) is 120 Å². The van der Waals surface area contributed by atoms with Crippen molar-refractivity contribution in [3.63, 3.8) is 0 Å². The van der Waals surface area contributed by atoms with Crippen molar-refractivity contribution in [2.75, 3.05) is 203 Å². The molecule has 0 saturated carbocycles. The lowest BCUT2D eigenvalue weighted by Gasteiger charge is -2.34. The summed E-state index contributed by atoms with van der Waals surface area (Å²) in [7, 11) is 2.07. The molecule has 0 aromatic carbocycles. The first-order valence-corrected chi connectivity index (χ1v) is 46.8. The van der Waals surface area contributed by atoms with Gasteiger partial charge in [-0.15, -0.1) is 0 Å². The number of hydrogen-bond donors (Lipinski definition) is 5. The van der Waals surface area contributed by atoms with Gasteiger partial charge >= 0.3 is 18.1 Å². The summed E-state index contributed by atoms with van der Waals surface area (Å²) < 4.78 is 84.4. The fourth-order valence-electron chi connectivity index (χ4n) is 14.9. The normalized spacial score (nSPS) is 27.2. The van der Waals surface area contributed by atoms with Crippen LogP contribution in [0.4, 0.5) is 14.4 Å². The maximum absolute atomic E-state index is 11.8. The molecule has 5 N–H and O–H groups in total. The van der Waals surface area contributed by atoms with Gasteiger partial charge in [0.1, 0.15) is 54.9 Å². The van der Waals surface area contributed by atoms with Gasteiger partial charge in [-0.05, 0) is 186 Å². The summed E-state index contributed by atoms with van der Waals surface area (Å²) >= 11 is 0. The number of sulfone groups is 1. The van der Waals surface area contributed by atoms with Crippen molar-refractivity contribution >= 4 is 49.8 Å². The van der Waals surface area contributed by atoms with Gasteiger partial charge in [-0.1, -0.05) is 0 Å². The minimum atomic E-state index is -2.85. The summed E-state index contributed by atoms with van der Waals surface area (Å²) in [6, 6.07) is 3.06. The number of β-amino-alcohol motifs (C(OH)–C–C–N with tert-alkyl or cyclic N) is 3. The summed E-state index contributed by atoms with van der Waals surface area (Å²) in [4.78, 5) is 80.4. The van der Waals surface area contributed by atoms with Crippen LogP contribution >= 0.6 is 0 Å². The van der Waals surface area contributed by atoms with Gasteiger partial charge in [0.05, 0.1) is 87.3 Å². The number of sulfonamides is 1. The van der Waals surface area contributed by atoms with Crippen molar-refractivity contribution in [3.8, 4) is 0 Å². The second kappa shape index (κ2) is 52.0. The Kier molecular flexibility index (Phi) is 47.7. The number of nitrogens with zero attached hydrogens (tertiary/aromatic N) is 13. The average molecular weight is 1730 g/mol. The van der Waals surface area contributed by atoms with Crippen LogP contribution in [0.3, 0.4) is 0 Å². The second-order valence-electron chi connectivity index (χ2n) is 35.9. The van der Waals surface area contributed by atoms with Gasteiger partial charge in [0.15, 0.2) is 9.84 Å². The topological polar surface area (TPSA) is 362 Å². The summed E-state index contributed by atoms with van der Waals surface area (Å²) in [5, 5.41) is 45.8. The molecule has 12 saturated heterocycles. The molecule has 12 heterocycles. The van der Waals surface area contributed by atoms with Gasteiger partial charge in [0, 0.05) is 174 Å². The Morgan fingerprint density at radius 2 is 0.924 bits per heavy atom. The smallest absolute Gasteiger partial charge is 0.320 e. The molecule has 0 bridgehead atoms. The number of rotatable bonds is 20. The summed E-state index contributed by atoms with van der Waals surface area (Å²) in [6.45, 7) is 61.0. The van der Waals surface area contributed by atoms with E-state index >= 15 is 0 Å². The first-order valence-electron chi connectivity index (χ1n) is 43.3. The molecule has 0 aliphatic carbocycles. The molecule has 12 fully saturated rings. The zero-order chi connectivity index (χ0) is 89.6. The Morgan fingerprint density at radius 1 is 0.483 bits per heavy atom. The predicted octanol–water partition coefficient (Wildman–Crippen LogP) is 3.43. The van der Waals surface area contributed by atoms with Crippen LogP contribution in [0.2, 0.25) is 0 Å². The third kappa shape index (κ3) is 36.6. The van der Waals surface area contributed by atoms with E-state index in [4.69, 9.17) is 48.5 Å². The molecule has 0 aromatic heterocycles. The van der Waals surface area contributed by atoms with Gasteiger partial charge in [-0.2, -0.15) is 4.31 Å². The number of aliphatic hydroxyl groups excluding tert-OH is 4. The first kappa shape index (κ1) is 108. The lowest BCUT2D eigenvalue weighted by atomic mass is 10.1. The van der Waals surface area contributed by atoms with Crippen molar-refractivity contribution in [1.29, 1.82) is 0 Å². The monoisotopic (exact) mass is 1730 g/mol. The average Bonchev–Trinajstić information content (AvgIpc) is 1.65. The SMILES string of the molecule is CC(C)N1CCC(O)C1.CC(C)N1CCC(O)C1=O.CC(C)N1CCCS1(=O)=O.CC(C)N1CCN(C)C(=O)C1.CC(C)N1CCN(CC(C)(C)O)C1=O.CC(C)N1CCN(CCN(C)C)C1=O.CC(C)N1CCN(CCO)C1=O.CC(C)N1CCS(=O)(=O)CC1.CC(C)OC1COC2C(O)COC12.COC1COC2C(OC(C)C)COC12. The molecule has 0 radical (unpaired) electrons. The quantitative estimate of drug-likeness (QED) is 0.117. The molecule has 34 nitrogen and oxygen atoms in total. The number of urea groups is 3. The Bertz CT molecular complexity index is 3120. The standard InChI is InChI=1S/C10H21N3O.C10H20N2O2.C10H18O4.C9H16O4.C8H16N2O2.C8H16N2O.C7H15NO2S.C7H13NO2.C7H15NO.C6H13NO2S/c1-9(2)13-8-7-12(10(13)14)6-5-11(3)4;1-8(2)12-6-5-11(9(12)13)7-10(3,4)14;1-6(2)14-8-5-13-9-7(11-3)4-12-10(8)9;1-5(2)13-7-4-12-8-6(10)3-11-9(7)8;1-7(2)10-4-3-9(5-6-11)8(10)12;1-7(2)10-5-4-9(3)8(11)6-10;1-7(2)8-3-5-11(9,10)6-4-8;1-5(2)8-4-3-6(9)7(8)10;1-6(2)8-4-3-7(9)5-8;1-6(2)7-4-3-5-10(7,8)9/h9H,5-8H2,1-4H3;8,14H,5-7H2,1-4H3;6-10H,4-5H2,1-3H3;5-10H,3-4H2,1-2H3;7,11H,3-6H2,1-2H3;7H,4-6H2,1-3H3;7H,3-6H2,1-2H3;5-6,9H,3-4H2,1-2H3;6-7,9H,3-5H2,1-2H3;6H,3-5H2,1-2H3. The highest BCUT2D eigenvalue weighted by Crippen LogP contribution is 2.32. The first-order chi connectivity index (χ1) is 54.9.